The van der Waals surface area contributed by atoms with Crippen molar-refractivity contribution in [3.63, 3.8) is 0 Å². The third-order valence-corrected chi connectivity index (χ3v) is 8.79. The van der Waals surface area contributed by atoms with E-state index in [4.69, 9.17) is 10.5 Å². The predicted octanol–water partition coefficient (Wildman–Crippen LogP) is 1.04. The Kier molecular flexibility index (Phi) is 9.33. The summed E-state index contributed by atoms with van der Waals surface area (Å²) in [6.07, 6.45) is 3.17. The standard InChI is InChI=1S/C22H34BrN5O5S/c1-27(2)10-6-4-3-5-9-25-22(30)18-14-28(11-12-33-18)34(31,32)20-16-13-15(23)7-8-17(16)26-19(20)21(24)29/h7-8,13,18-20,26H,3-6,9-12,14H2,1-2H3,(H2,24,29)(H,25,30). The van der Waals surface area contributed by atoms with Gasteiger partial charge in [-0.2, -0.15) is 4.31 Å². The number of amides is 2. The first-order valence-corrected chi connectivity index (χ1v) is 13.8. The summed E-state index contributed by atoms with van der Waals surface area (Å²) in [5.41, 5.74) is 6.56. The van der Waals surface area contributed by atoms with Gasteiger partial charge in [-0.1, -0.05) is 28.8 Å². The first-order chi connectivity index (χ1) is 16.1. The summed E-state index contributed by atoms with van der Waals surface area (Å²) in [6.45, 7) is 1.65. The number of rotatable bonds is 11. The predicted molar refractivity (Wildman–Crippen MR) is 134 cm³/mol. The minimum atomic E-state index is -4.01. The van der Waals surface area contributed by atoms with Gasteiger partial charge in [0.05, 0.1) is 6.61 Å². The number of hydrogen-bond acceptors (Lipinski definition) is 7. The maximum Gasteiger partial charge on any atom is 0.250 e. The van der Waals surface area contributed by atoms with Crippen LogP contribution in [0.1, 0.15) is 36.5 Å². The fourth-order valence-electron chi connectivity index (χ4n) is 4.28. The molecule has 2 amide bonds. The van der Waals surface area contributed by atoms with Crippen molar-refractivity contribution in [1.82, 2.24) is 14.5 Å². The Hall–Kier alpha value is -1.73. The quantitative estimate of drug-likeness (QED) is 0.345. The van der Waals surface area contributed by atoms with Gasteiger partial charge in [-0.15, -0.1) is 0 Å². The molecule has 0 saturated carbocycles. The Bertz CT molecular complexity index is 990. The van der Waals surface area contributed by atoms with Crippen LogP contribution in [0.2, 0.25) is 0 Å². The van der Waals surface area contributed by atoms with Crippen molar-refractivity contribution in [1.29, 1.82) is 0 Å². The van der Waals surface area contributed by atoms with Gasteiger partial charge in [-0.05, 0) is 57.2 Å². The zero-order valence-electron chi connectivity index (χ0n) is 19.6. The third-order valence-electron chi connectivity index (χ3n) is 6.07. The fraction of sp³-hybridized carbons (Fsp3) is 0.636. The lowest BCUT2D eigenvalue weighted by molar-refractivity contribution is -0.136. The summed E-state index contributed by atoms with van der Waals surface area (Å²) in [5.74, 6) is -1.08. The number of sulfonamides is 1. The maximum absolute atomic E-state index is 13.6. The average Bonchev–Trinajstić information content (AvgIpc) is 3.18. The second-order valence-corrected chi connectivity index (χ2v) is 11.9. The van der Waals surface area contributed by atoms with Gasteiger partial charge in [0, 0.05) is 29.8 Å². The minimum absolute atomic E-state index is 0.0918. The molecule has 3 unspecified atom stereocenters. The zero-order valence-corrected chi connectivity index (χ0v) is 22.0. The molecule has 3 atom stereocenters. The van der Waals surface area contributed by atoms with Crippen molar-refractivity contribution in [3.05, 3.63) is 28.2 Å². The van der Waals surface area contributed by atoms with Crippen molar-refractivity contribution in [3.8, 4) is 0 Å². The van der Waals surface area contributed by atoms with Crippen molar-refractivity contribution in [2.24, 2.45) is 5.73 Å². The Morgan fingerprint density at radius 3 is 2.71 bits per heavy atom. The van der Waals surface area contributed by atoms with Crippen LogP contribution in [0.15, 0.2) is 22.7 Å². The molecule has 3 rings (SSSR count). The summed E-state index contributed by atoms with van der Waals surface area (Å²) in [7, 11) is 0.0791. The van der Waals surface area contributed by atoms with Crippen molar-refractivity contribution in [2.75, 3.05) is 52.2 Å². The van der Waals surface area contributed by atoms with Crippen LogP contribution >= 0.6 is 15.9 Å². The molecule has 2 heterocycles. The van der Waals surface area contributed by atoms with Crippen LogP contribution in [-0.4, -0.2) is 88.5 Å². The van der Waals surface area contributed by atoms with E-state index < -0.39 is 33.3 Å². The lowest BCUT2D eigenvalue weighted by Gasteiger charge is -2.34. The minimum Gasteiger partial charge on any atom is -0.372 e. The van der Waals surface area contributed by atoms with E-state index in [0.29, 0.717) is 22.3 Å². The summed E-state index contributed by atoms with van der Waals surface area (Å²) >= 11 is 3.36. The van der Waals surface area contributed by atoms with E-state index in [1.54, 1.807) is 18.2 Å². The van der Waals surface area contributed by atoms with E-state index in [1.807, 2.05) is 14.1 Å². The third kappa shape index (κ3) is 6.48. The van der Waals surface area contributed by atoms with E-state index in [9.17, 15) is 18.0 Å². The molecule has 0 bridgehead atoms. The van der Waals surface area contributed by atoms with Gasteiger partial charge in [0.1, 0.15) is 17.4 Å². The van der Waals surface area contributed by atoms with E-state index in [-0.39, 0.29) is 25.6 Å². The topological polar surface area (TPSA) is 134 Å². The van der Waals surface area contributed by atoms with Crippen LogP contribution in [0.25, 0.3) is 0 Å². The van der Waals surface area contributed by atoms with Crippen LogP contribution < -0.4 is 16.4 Å². The molecule has 2 aliphatic heterocycles. The summed E-state index contributed by atoms with van der Waals surface area (Å²) in [6, 6.07) is 4.05. The molecule has 0 aromatic heterocycles. The second kappa shape index (κ2) is 11.8. The molecule has 190 valence electrons. The van der Waals surface area contributed by atoms with Gasteiger partial charge >= 0.3 is 0 Å². The molecule has 1 aromatic carbocycles. The van der Waals surface area contributed by atoms with Crippen LogP contribution in [0, 0.1) is 0 Å². The van der Waals surface area contributed by atoms with Gasteiger partial charge in [-0.3, -0.25) is 9.59 Å². The second-order valence-electron chi connectivity index (χ2n) is 8.95. The van der Waals surface area contributed by atoms with Crippen LogP contribution in [0.5, 0.6) is 0 Å². The number of ether oxygens (including phenoxy) is 1. The number of nitrogens with one attached hydrogen (secondary N) is 2. The first kappa shape index (κ1) is 26.9. The number of halogens is 1. The van der Waals surface area contributed by atoms with Gasteiger partial charge in [0.2, 0.25) is 15.9 Å². The number of nitrogens with two attached hydrogens (primary N) is 1. The number of primary amides is 1. The summed E-state index contributed by atoms with van der Waals surface area (Å²) < 4.78 is 34.8. The molecule has 10 nitrogen and oxygen atoms in total. The number of fused-ring (bicyclic) bond motifs is 1. The summed E-state index contributed by atoms with van der Waals surface area (Å²) in [5, 5.41) is 4.61. The number of unbranched alkanes of at least 4 members (excludes halogenated alkanes) is 3. The molecule has 0 aliphatic carbocycles. The molecule has 34 heavy (non-hydrogen) atoms. The van der Waals surface area contributed by atoms with Crippen molar-refractivity contribution < 1.29 is 22.7 Å². The van der Waals surface area contributed by atoms with Gasteiger partial charge in [-0.25, -0.2) is 8.42 Å². The van der Waals surface area contributed by atoms with E-state index >= 15 is 0 Å². The Morgan fingerprint density at radius 1 is 1.26 bits per heavy atom. The van der Waals surface area contributed by atoms with Gasteiger partial charge in [0.25, 0.3) is 5.91 Å². The lowest BCUT2D eigenvalue weighted by atomic mass is 10.1. The van der Waals surface area contributed by atoms with Crippen molar-refractivity contribution in [2.45, 2.75) is 43.1 Å². The zero-order chi connectivity index (χ0) is 24.9. The smallest absolute Gasteiger partial charge is 0.250 e. The highest BCUT2D eigenvalue weighted by Gasteiger charge is 2.48. The largest absolute Gasteiger partial charge is 0.372 e. The van der Waals surface area contributed by atoms with Gasteiger partial charge in [0.15, 0.2) is 0 Å². The molecular weight excluding hydrogens is 526 g/mol. The highest BCUT2D eigenvalue weighted by Crippen LogP contribution is 2.42. The molecule has 1 fully saturated rings. The van der Waals surface area contributed by atoms with Crippen molar-refractivity contribution >= 4 is 43.5 Å². The number of hydrogen-bond donors (Lipinski definition) is 3. The molecule has 12 heteroatoms. The molecule has 1 saturated heterocycles. The van der Waals surface area contributed by atoms with Crippen LogP contribution in [-0.2, 0) is 24.3 Å². The first-order valence-electron chi connectivity index (χ1n) is 11.5. The molecule has 2 aliphatic rings. The average molecular weight is 561 g/mol. The SMILES string of the molecule is CN(C)CCCCCCNC(=O)C1CN(S(=O)(=O)C2c3cc(Br)ccc3NC2C(N)=O)CCO1. The Labute approximate surface area is 209 Å². The van der Waals surface area contributed by atoms with E-state index in [1.165, 1.54) is 4.31 Å². The number of nitrogens with zero attached hydrogens (tertiary/aromatic N) is 2. The lowest BCUT2D eigenvalue weighted by Crippen LogP contribution is -2.54. The molecule has 1 aromatic rings. The van der Waals surface area contributed by atoms with E-state index in [2.05, 4.69) is 31.5 Å². The highest BCUT2D eigenvalue weighted by molar-refractivity contribution is 9.10. The molecule has 4 N–H and O–H groups in total. The van der Waals surface area contributed by atoms with E-state index in [0.717, 1.165) is 32.2 Å². The Balaban J connectivity index is 1.61. The number of anilines is 1. The molecule has 0 spiro atoms. The van der Waals surface area contributed by atoms with Crippen LogP contribution in [0.3, 0.4) is 0 Å². The number of carbonyl (C=O) groups is 2. The van der Waals surface area contributed by atoms with Gasteiger partial charge < -0.3 is 26.0 Å². The highest BCUT2D eigenvalue weighted by atomic mass is 79.9. The number of carbonyl (C=O) groups excluding carboxylic acids is 2. The normalized spacial score (nSPS) is 22.9. The monoisotopic (exact) mass is 559 g/mol. The number of morpholine rings is 1. The summed E-state index contributed by atoms with van der Waals surface area (Å²) in [4.78, 5) is 26.9. The maximum atomic E-state index is 13.6. The number of benzene rings is 1. The molecule has 0 radical (unpaired) electrons. The molecular formula is C22H34BrN5O5S. The van der Waals surface area contributed by atoms with Crippen LogP contribution in [0.4, 0.5) is 5.69 Å². The Morgan fingerprint density at radius 2 is 2.00 bits per heavy atom. The fourth-order valence-corrected chi connectivity index (χ4v) is 6.72.